The Morgan fingerprint density at radius 2 is 2.30 bits per heavy atom. The van der Waals surface area contributed by atoms with Crippen molar-refractivity contribution in [2.45, 2.75) is 6.92 Å². The molecule has 0 aliphatic rings. The second-order valence-corrected chi connectivity index (χ2v) is 2.01. The number of nitrogens with zero attached hydrogens (tertiary/aromatic N) is 3. The van der Waals surface area contributed by atoms with Gasteiger partial charge in [-0.3, -0.25) is 0 Å². The highest BCUT2D eigenvalue weighted by Crippen LogP contribution is 2.10. The number of fused-ring (bicyclic) bond motifs is 1. The van der Waals surface area contributed by atoms with Gasteiger partial charge in [-0.05, 0) is 6.92 Å². The number of rotatable bonds is 0. The van der Waals surface area contributed by atoms with Crippen LogP contribution in [0.3, 0.4) is 0 Å². The highest BCUT2D eigenvalue weighted by Gasteiger charge is 2.00. The lowest BCUT2D eigenvalue weighted by Crippen LogP contribution is -1.83. The molecule has 0 spiro atoms. The molecule has 2 heterocycles. The summed E-state index contributed by atoms with van der Waals surface area (Å²) in [6, 6.07) is 0. The molecule has 0 fully saturated rings. The van der Waals surface area contributed by atoms with Gasteiger partial charge in [-0.25, -0.2) is 9.97 Å². The summed E-state index contributed by atoms with van der Waals surface area (Å²) < 4.78 is 4.69. The first kappa shape index (κ1) is 5.34. The van der Waals surface area contributed by atoms with Gasteiger partial charge in [0.25, 0.3) is 0 Å². The monoisotopic (exact) mass is 135 g/mol. The largest absolute Gasteiger partial charge is 0.362 e. The van der Waals surface area contributed by atoms with E-state index in [1.165, 1.54) is 6.33 Å². The predicted octanol–water partition coefficient (Wildman–Crippen LogP) is 0.926. The van der Waals surface area contributed by atoms with Crippen molar-refractivity contribution in [1.29, 1.82) is 0 Å². The Bertz CT molecular complexity index is 355. The van der Waals surface area contributed by atoms with Crippen molar-refractivity contribution in [2.75, 3.05) is 0 Å². The summed E-state index contributed by atoms with van der Waals surface area (Å²) in [6.45, 7) is 1.89. The van der Waals surface area contributed by atoms with E-state index in [0.717, 1.165) is 11.1 Å². The Morgan fingerprint density at radius 3 is 3.10 bits per heavy atom. The zero-order chi connectivity index (χ0) is 6.97. The lowest BCUT2D eigenvalue weighted by Gasteiger charge is -1.87. The Morgan fingerprint density at radius 1 is 1.40 bits per heavy atom. The van der Waals surface area contributed by atoms with Crippen molar-refractivity contribution >= 4 is 11.0 Å². The molecule has 2 aromatic heterocycles. The highest BCUT2D eigenvalue weighted by atomic mass is 16.5. The van der Waals surface area contributed by atoms with Gasteiger partial charge in [0.05, 0.1) is 11.1 Å². The minimum Gasteiger partial charge on any atom is -0.362 e. The van der Waals surface area contributed by atoms with Crippen molar-refractivity contribution in [2.24, 2.45) is 0 Å². The van der Waals surface area contributed by atoms with E-state index >= 15 is 0 Å². The topological polar surface area (TPSA) is 51.8 Å². The SMILES string of the molecule is Cc1ncnc2nocc12. The van der Waals surface area contributed by atoms with Gasteiger partial charge in [0, 0.05) is 0 Å². The molecule has 0 saturated heterocycles. The summed E-state index contributed by atoms with van der Waals surface area (Å²) in [5.41, 5.74) is 1.51. The highest BCUT2D eigenvalue weighted by molar-refractivity contribution is 5.74. The van der Waals surface area contributed by atoms with Crippen LogP contribution in [-0.2, 0) is 0 Å². The van der Waals surface area contributed by atoms with Crippen LogP contribution < -0.4 is 0 Å². The van der Waals surface area contributed by atoms with E-state index in [-0.39, 0.29) is 0 Å². The van der Waals surface area contributed by atoms with E-state index < -0.39 is 0 Å². The minimum atomic E-state index is 0.618. The van der Waals surface area contributed by atoms with Gasteiger partial charge < -0.3 is 4.52 Å². The fourth-order valence-electron chi connectivity index (χ4n) is 0.811. The molecule has 10 heavy (non-hydrogen) atoms. The lowest BCUT2D eigenvalue weighted by atomic mass is 10.3. The van der Waals surface area contributed by atoms with Crippen molar-refractivity contribution < 1.29 is 4.52 Å². The smallest absolute Gasteiger partial charge is 0.205 e. The number of aryl methyl sites for hydroxylation is 1. The van der Waals surface area contributed by atoms with Crippen molar-refractivity contribution in [3.63, 3.8) is 0 Å². The normalized spacial score (nSPS) is 10.5. The average Bonchev–Trinajstić information content (AvgIpc) is 2.36. The maximum absolute atomic E-state index is 4.69. The standard InChI is InChI=1S/C6H5N3O/c1-4-5-2-10-9-6(5)8-3-7-4/h2-3H,1H3. The molecule has 0 aliphatic carbocycles. The second kappa shape index (κ2) is 1.76. The van der Waals surface area contributed by atoms with Crippen molar-refractivity contribution in [3.05, 3.63) is 18.3 Å². The van der Waals surface area contributed by atoms with Crippen LogP contribution in [-0.4, -0.2) is 15.1 Å². The average molecular weight is 135 g/mol. The molecule has 50 valence electrons. The van der Waals surface area contributed by atoms with Gasteiger partial charge >= 0.3 is 0 Å². The molecule has 4 heteroatoms. The molecule has 0 saturated carbocycles. The van der Waals surface area contributed by atoms with Gasteiger partial charge in [-0.2, -0.15) is 0 Å². The first-order valence-corrected chi connectivity index (χ1v) is 2.89. The molecule has 0 unspecified atom stereocenters. The van der Waals surface area contributed by atoms with Crippen LogP contribution in [0.25, 0.3) is 11.0 Å². The van der Waals surface area contributed by atoms with Gasteiger partial charge in [-0.1, -0.05) is 5.16 Å². The molecule has 0 amide bonds. The molecule has 0 aliphatic heterocycles. The first-order chi connectivity index (χ1) is 4.88. The van der Waals surface area contributed by atoms with Crippen molar-refractivity contribution in [1.82, 2.24) is 15.1 Å². The quantitative estimate of drug-likeness (QED) is 0.539. The number of aromatic nitrogens is 3. The van der Waals surface area contributed by atoms with Crippen LogP contribution >= 0.6 is 0 Å². The molecular weight excluding hydrogens is 130 g/mol. The van der Waals surface area contributed by atoms with Crippen LogP contribution in [0.4, 0.5) is 0 Å². The molecule has 0 N–H and O–H groups in total. The maximum Gasteiger partial charge on any atom is 0.205 e. The van der Waals surface area contributed by atoms with E-state index in [0.29, 0.717) is 5.65 Å². The van der Waals surface area contributed by atoms with Gasteiger partial charge in [0.15, 0.2) is 0 Å². The molecule has 0 bridgehead atoms. The second-order valence-electron chi connectivity index (χ2n) is 2.01. The third-order valence-electron chi connectivity index (χ3n) is 1.37. The summed E-state index contributed by atoms with van der Waals surface area (Å²) in [4.78, 5) is 7.85. The molecule has 2 aromatic rings. The van der Waals surface area contributed by atoms with Crippen LogP contribution in [0.2, 0.25) is 0 Å². The summed E-state index contributed by atoms with van der Waals surface area (Å²) in [7, 11) is 0. The fraction of sp³-hybridized carbons (Fsp3) is 0.167. The van der Waals surface area contributed by atoms with Crippen LogP contribution in [0, 0.1) is 6.92 Å². The fourth-order valence-corrected chi connectivity index (χ4v) is 0.811. The summed E-state index contributed by atoms with van der Waals surface area (Å²) in [5.74, 6) is 0. The molecule has 0 atom stereocenters. The third kappa shape index (κ3) is 0.586. The summed E-state index contributed by atoms with van der Waals surface area (Å²) in [6.07, 6.45) is 3.02. The van der Waals surface area contributed by atoms with Gasteiger partial charge in [0.2, 0.25) is 5.65 Å². The molecule has 2 rings (SSSR count). The molecule has 4 nitrogen and oxygen atoms in total. The van der Waals surface area contributed by atoms with E-state index in [2.05, 4.69) is 15.1 Å². The third-order valence-corrected chi connectivity index (χ3v) is 1.37. The van der Waals surface area contributed by atoms with Crippen LogP contribution in [0.15, 0.2) is 17.1 Å². The Labute approximate surface area is 56.9 Å². The molecule has 0 radical (unpaired) electrons. The number of hydrogen-bond acceptors (Lipinski definition) is 4. The van der Waals surface area contributed by atoms with Crippen LogP contribution in [0.5, 0.6) is 0 Å². The van der Waals surface area contributed by atoms with E-state index in [1.807, 2.05) is 6.92 Å². The Balaban J connectivity index is 2.95. The zero-order valence-corrected chi connectivity index (χ0v) is 5.40. The summed E-state index contributed by atoms with van der Waals surface area (Å²) >= 11 is 0. The van der Waals surface area contributed by atoms with E-state index in [4.69, 9.17) is 4.52 Å². The summed E-state index contributed by atoms with van der Waals surface area (Å²) in [5, 5.41) is 4.53. The molecule has 0 aromatic carbocycles. The maximum atomic E-state index is 4.69. The Hall–Kier alpha value is -1.45. The van der Waals surface area contributed by atoms with Gasteiger partial charge in [-0.15, -0.1) is 0 Å². The molecular formula is C6H5N3O. The van der Waals surface area contributed by atoms with E-state index in [1.54, 1.807) is 6.26 Å². The van der Waals surface area contributed by atoms with E-state index in [9.17, 15) is 0 Å². The predicted molar refractivity (Wildman–Crippen MR) is 34.3 cm³/mol. The minimum absolute atomic E-state index is 0.618. The Kier molecular flexibility index (Phi) is 0.943. The van der Waals surface area contributed by atoms with Crippen molar-refractivity contribution in [3.8, 4) is 0 Å². The first-order valence-electron chi connectivity index (χ1n) is 2.89. The number of hydrogen-bond donors (Lipinski definition) is 0. The lowest BCUT2D eigenvalue weighted by molar-refractivity contribution is 0.426. The van der Waals surface area contributed by atoms with Crippen LogP contribution in [0.1, 0.15) is 5.69 Å². The van der Waals surface area contributed by atoms with Gasteiger partial charge in [0.1, 0.15) is 12.6 Å². The zero-order valence-electron chi connectivity index (χ0n) is 5.40.